The number of nitrogens with zero attached hydrogens (tertiary/aromatic N) is 1. The molecule has 0 aromatic heterocycles. The molecular weight excluding hydrogens is 288 g/mol. The fraction of sp³-hybridized carbons (Fsp3) is 0.400. The van der Waals surface area contributed by atoms with Gasteiger partial charge in [0.25, 0.3) is 0 Å². The van der Waals surface area contributed by atoms with Gasteiger partial charge in [0.1, 0.15) is 0 Å². The van der Waals surface area contributed by atoms with Gasteiger partial charge >= 0.3 is 0 Å². The summed E-state index contributed by atoms with van der Waals surface area (Å²) in [5.74, 6) is -0.172. The zero-order chi connectivity index (χ0) is 15.9. The predicted octanol–water partition coefficient (Wildman–Crippen LogP) is 1.45. The second-order valence-corrected chi connectivity index (χ2v) is 6.91. The molecule has 1 aromatic rings. The van der Waals surface area contributed by atoms with Crippen molar-refractivity contribution >= 4 is 15.9 Å². The number of rotatable bonds is 8. The molecule has 5 nitrogen and oxygen atoms in total. The Kier molecular flexibility index (Phi) is 6.58. The highest BCUT2D eigenvalue weighted by atomic mass is 32.2. The van der Waals surface area contributed by atoms with Crippen molar-refractivity contribution in [2.45, 2.75) is 19.9 Å². The summed E-state index contributed by atoms with van der Waals surface area (Å²) < 4.78 is 24.2. The third kappa shape index (κ3) is 6.55. The molecule has 0 saturated carbocycles. The van der Waals surface area contributed by atoms with Gasteiger partial charge in [0.2, 0.25) is 15.9 Å². The van der Waals surface area contributed by atoms with Crippen LogP contribution in [0.3, 0.4) is 0 Å². The van der Waals surface area contributed by atoms with Crippen LogP contribution in [-0.2, 0) is 21.4 Å². The average Bonchev–Trinajstić information content (AvgIpc) is 2.40. The molecule has 0 aliphatic carbocycles. The lowest BCUT2D eigenvalue weighted by Crippen LogP contribution is -2.34. The number of hydrogen-bond donors (Lipinski definition) is 1. The molecule has 0 unspecified atom stereocenters. The van der Waals surface area contributed by atoms with Crippen LogP contribution in [0.2, 0.25) is 0 Å². The van der Waals surface area contributed by atoms with E-state index in [1.165, 1.54) is 10.4 Å². The first-order chi connectivity index (χ1) is 9.82. The van der Waals surface area contributed by atoms with E-state index in [1.807, 2.05) is 31.2 Å². The predicted molar refractivity (Wildman–Crippen MR) is 84.3 cm³/mol. The van der Waals surface area contributed by atoms with Crippen LogP contribution in [0.25, 0.3) is 0 Å². The number of nitrogens with one attached hydrogen (secondary N) is 1. The quantitative estimate of drug-likeness (QED) is 0.739. The normalized spacial score (nSPS) is 11.4. The second kappa shape index (κ2) is 7.95. The molecule has 1 N–H and O–H groups in total. The molecule has 0 aliphatic rings. The summed E-state index contributed by atoms with van der Waals surface area (Å²) in [7, 11) is -3.31. The first-order valence-electron chi connectivity index (χ1n) is 6.71. The van der Waals surface area contributed by atoms with Crippen molar-refractivity contribution in [2.75, 3.05) is 19.3 Å². The lowest BCUT2D eigenvalue weighted by molar-refractivity contribution is -0.121. The van der Waals surface area contributed by atoms with Crippen molar-refractivity contribution < 1.29 is 13.2 Å². The molecule has 0 bridgehead atoms. The average molecular weight is 310 g/mol. The number of carbonyl (C=O) groups is 1. The number of aryl methyl sites for hydroxylation is 1. The van der Waals surface area contributed by atoms with Crippen molar-refractivity contribution in [1.82, 2.24) is 9.62 Å². The summed E-state index contributed by atoms with van der Waals surface area (Å²) in [5.41, 5.74) is 2.16. The number of benzene rings is 1. The molecule has 0 fully saturated rings. The molecular formula is C15H22N2O3S. The van der Waals surface area contributed by atoms with Gasteiger partial charge in [-0.15, -0.1) is 6.58 Å². The van der Waals surface area contributed by atoms with E-state index in [2.05, 4.69) is 11.9 Å². The zero-order valence-corrected chi connectivity index (χ0v) is 13.3. The fourth-order valence-corrected chi connectivity index (χ4v) is 2.67. The van der Waals surface area contributed by atoms with Gasteiger partial charge in [0.15, 0.2) is 0 Å². The van der Waals surface area contributed by atoms with E-state index in [0.29, 0.717) is 6.54 Å². The number of amides is 1. The number of sulfonamides is 1. The maximum Gasteiger partial charge on any atom is 0.221 e. The van der Waals surface area contributed by atoms with Gasteiger partial charge in [-0.05, 0) is 12.5 Å². The molecule has 0 radical (unpaired) electrons. The highest BCUT2D eigenvalue weighted by Crippen LogP contribution is 2.04. The van der Waals surface area contributed by atoms with Gasteiger partial charge in [-0.25, -0.2) is 8.42 Å². The van der Waals surface area contributed by atoms with E-state index >= 15 is 0 Å². The Bertz CT molecular complexity index is 597. The molecule has 6 heteroatoms. The van der Waals surface area contributed by atoms with Gasteiger partial charge in [-0.3, -0.25) is 4.79 Å². The van der Waals surface area contributed by atoms with Crippen LogP contribution in [0.4, 0.5) is 0 Å². The smallest absolute Gasteiger partial charge is 0.221 e. The van der Waals surface area contributed by atoms with Gasteiger partial charge in [-0.2, -0.15) is 4.31 Å². The van der Waals surface area contributed by atoms with Crippen LogP contribution in [0, 0.1) is 6.92 Å². The summed E-state index contributed by atoms with van der Waals surface area (Å²) in [6, 6.07) is 7.87. The van der Waals surface area contributed by atoms with E-state index in [9.17, 15) is 13.2 Å². The highest BCUT2D eigenvalue weighted by molar-refractivity contribution is 7.88. The Hall–Kier alpha value is -1.66. The Morgan fingerprint density at radius 1 is 1.43 bits per heavy atom. The Balaban J connectivity index is 2.45. The Labute approximate surface area is 126 Å². The Morgan fingerprint density at radius 3 is 2.71 bits per heavy atom. The minimum absolute atomic E-state index is 0.132. The van der Waals surface area contributed by atoms with E-state index < -0.39 is 10.0 Å². The monoisotopic (exact) mass is 310 g/mol. The van der Waals surface area contributed by atoms with Crippen molar-refractivity contribution in [3.63, 3.8) is 0 Å². The molecule has 0 aliphatic heterocycles. The van der Waals surface area contributed by atoms with E-state index in [0.717, 1.165) is 17.4 Å². The lowest BCUT2D eigenvalue weighted by Gasteiger charge is -2.17. The van der Waals surface area contributed by atoms with E-state index in [-0.39, 0.29) is 25.4 Å². The number of hydrogen-bond acceptors (Lipinski definition) is 3. The first kappa shape index (κ1) is 17.4. The molecule has 0 saturated heterocycles. The summed E-state index contributed by atoms with van der Waals surface area (Å²) in [6.07, 6.45) is 2.76. The van der Waals surface area contributed by atoms with Crippen LogP contribution in [0.5, 0.6) is 0 Å². The summed E-state index contributed by atoms with van der Waals surface area (Å²) in [6.45, 7) is 6.32. The fourth-order valence-electron chi connectivity index (χ4n) is 1.87. The van der Waals surface area contributed by atoms with Crippen molar-refractivity contribution in [2.24, 2.45) is 0 Å². The third-order valence-electron chi connectivity index (χ3n) is 2.96. The minimum atomic E-state index is -3.31. The first-order valence-corrected chi connectivity index (χ1v) is 8.56. The van der Waals surface area contributed by atoms with E-state index in [1.54, 1.807) is 0 Å². The Morgan fingerprint density at radius 2 is 2.14 bits per heavy atom. The number of carbonyl (C=O) groups excluding carboxylic acids is 1. The summed E-state index contributed by atoms with van der Waals surface area (Å²) in [5, 5.41) is 2.79. The maximum atomic E-state index is 11.8. The van der Waals surface area contributed by atoms with Crippen LogP contribution >= 0.6 is 0 Å². The zero-order valence-electron chi connectivity index (χ0n) is 12.5. The topological polar surface area (TPSA) is 66.5 Å². The largest absolute Gasteiger partial charge is 0.352 e. The minimum Gasteiger partial charge on any atom is -0.352 e. The summed E-state index contributed by atoms with van der Waals surface area (Å²) in [4.78, 5) is 11.8. The standard InChI is InChI=1S/C15H22N2O3S/c1-4-9-17(21(3,19)20)10-8-15(18)16-12-14-7-5-6-13(2)11-14/h4-7,11H,1,8-10,12H2,2-3H3,(H,16,18). The molecule has 0 heterocycles. The van der Waals surface area contributed by atoms with Crippen molar-refractivity contribution in [3.8, 4) is 0 Å². The van der Waals surface area contributed by atoms with Crippen LogP contribution < -0.4 is 5.32 Å². The van der Waals surface area contributed by atoms with Crippen LogP contribution in [0.1, 0.15) is 17.5 Å². The van der Waals surface area contributed by atoms with Crippen LogP contribution in [0.15, 0.2) is 36.9 Å². The molecule has 1 rings (SSSR count). The van der Waals surface area contributed by atoms with Gasteiger partial charge in [-0.1, -0.05) is 35.9 Å². The highest BCUT2D eigenvalue weighted by Gasteiger charge is 2.16. The van der Waals surface area contributed by atoms with E-state index in [4.69, 9.17) is 0 Å². The van der Waals surface area contributed by atoms with Crippen LogP contribution in [-0.4, -0.2) is 38.0 Å². The maximum absolute atomic E-state index is 11.8. The molecule has 0 spiro atoms. The third-order valence-corrected chi connectivity index (χ3v) is 4.23. The lowest BCUT2D eigenvalue weighted by atomic mass is 10.1. The molecule has 0 atom stereocenters. The molecule has 116 valence electrons. The molecule has 1 amide bonds. The SMILES string of the molecule is C=CCN(CCC(=O)NCc1cccc(C)c1)S(C)(=O)=O. The second-order valence-electron chi connectivity index (χ2n) is 4.93. The van der Waals surface area contributed by atoms with Gasteiger partial charge in [0.05, 0.1) is 6.26 Å². The molecule has 21 heavy (non-hydrogen) atoms. The van der Waals surface area contributed by atoms with Gasteiger partial charge < -0.3 is 5.32 Å². The van der Waals surface area contributed by atoms with Gasteiger partial charge in [0, 0.05) is 26.1 Å². The molecule has 1 aromatic carbocycles. The van der Waals surface area contributed by atoms with Crippen molar-refractivity contribution in [3.05, 3.63) is 48.0 Å². The summed E-state index contributed by atoms with van der Waals surface area (Å²) >= 11 is 0. The van der Waals surface area contributed by atoms with Crippen molar-refractivity contribution in [1.29, 1.82) is 0 Å².